The number of aryl methyl sites for hydroxylation is 1. The molecule has 2 heterocycles. The number of hydrogen-bond acceptors (Lipinski definition) is 5. The Labute approximate surface area is 109 Å². The molecule has 1 aromatic heterocycles. The fourth-order valence-corrected chi connectivity index (χ4v) is 2.33. The van der Waals surface area contributed by atoms with E-state index in [1.807, 2.05) is 14.0 Å². The Kier molecular flexibility index (Phi) is 4.36. The van der Waals surface area contributed by atoms with Crippen molar-refractivity contribution >= 4 is 5.95 Å². The Morgan fingerprint density at radius 1 is 1.56 bits per heavy atom. The van der Waals surface area contributed by atoms with E-state index >= 15 is 0 Å². The van der Waals surface area contributed by atoms with Gasteiger partial charge in [-0.15, -0.1) is 0 Å². The van der Waals surface area contributed by atoms with Gasteiger partial charge in [-0.3, -0.25) is 0 Å². The number of rotatable bonds is 5. The maximum absolute atomic E-state index is 5.77. The molecule has 0 spiro atoms. The highest BCUT2D eigenvalue weighted by Gasteiger charge is 2.20. The summed E-state index contributed by atoms with van der Waals surface area (Å²) in [7, 11) is 3.99. The molecule has 0 saturated carbocycles. The number of hydrogen-bond donors (Lipinski definition) is 1. The molecule has 0 aromatic carbocycles. The van der Waals surface area contributed by atoms with Gasteiger partial charge in [0.25, 0.3) is 0 Å². The summed E-state index contributed by atoms with van der Waals surface area (Å²) in [5.74, 6) is 1.29. The van der Waals surface area contributed by atoms with Crippen molar-refractivity contribution in [2.45, 2.75) is 32.2 Å². The average Bonchev–Trinajstić information content (AvgIpc) is 2.77. The molecule has 18 heavy (non-hydrogen) atoms. The van der Waals surface area contributed by atoms with Crippen molar-refractivity contribution in [2.24, 2.45) is 0 Å². The van der Waals surface area contributed by atoms with Gasteiger partial charge in [-0.2, -0.15) is 4.98 Å². The van der Waals surface area contributed by atoms with Gasteiger partial charge in [0, 0.05) is 24.8 Å². The second-order valence-corrected chi connectivity index (χ2v) is 4.85. The highest BCUT2D eigenvalue weighted by atomic mass is 16.5. The third kappa shape index (κ3) is 3.10. The van der Waals surface area contributed by atoms with E-state index in [1.54, 1.807) is 6.20 Å². The van der Waals surface area contributed by atoms with Crippen molar-refractivity contribution in [2.75, 3.05) is 32.6 Å². The summed E-state index contributed by atoms with van der Waals surface area (Å²) in [5.41, 5.74) is 0.980. The van der Waals surface area contributed by atoms with E-state index in [9.17, 15) is 0 Å². The first-order chi connectivity index (χ1) is 8.70. The predicted octanol–water partition coefficient (Wildman–Crippen LogP) is 1.69. The average molecular weight is 250 g/mol. The van der Waals surface area contributed by atoms with Gasteiger partial charge in [-0.05, 0) is 39.8 Å². The normalized spacial score (nSPS) is 20.1. The summed E-state index contributed by atoms with van der Waals surface area (Å²) in [6.07, 6.45) is 5.44. The Morgan fingerprint density at radius 3 is 3.06 bits per heavy atom. The summed E-state index contributed by atoms with van der Waals surface area (Å²) in [4.78, 5) is 10.9. The van der Waals surface area contributed by atoms with E-state index in [-0.39, 0.29) is 0 Å². The largest absolute Gasteiger partial charge is 0.477 e. The lowest BCUT2D eigenvalue weighted by Gasteiger charge is -2.19. The van der Waals surface area contributed by atoms with Crippen LogP contribution in [0.3, 0.4) is 0 Å². The van der Waals surface area contributed by atoms with Crippen molar-refractivity contribution in [1.29, 1.82) is 0 Å². The smallest absolute Gasteiger partial charge is 0.225 e. The lowest BCUT2D eigenvalue weighted by Crippen LogP contribution is -2.26. The third-order valence-corrected chi connectivity index (χ3v) is 3.51. The molecule has 1 N–H and O–H groups in total. The minimum absolute atomic E-state index is 0.605. The van der Waals surface area contributed by atoms with E-state index in [4.69, 9.17) is 4.74 Å². The molecule has 1 fully saturated rings. The second-order valence-electron chi connectivity index (χ2n) is 4.85. The Morgan fingerprint density at radius 2 is 2.39 bits per heavy atom. The molecule has 2 rings (SSSR count). The molecule has 100 valence electrons. The maximum Gasteiger partial charge on any atom is 0.225 e. The van der Waals surface area contributed by atoms with Crippen LogP contribution in [0.2, 0.25) is 0 Å². The predicted molar refractivity (Wildman–Crippen MR) is 72.1 cm³/mol. The standard InChI is InChI=1S/C13H22N4O/c1-10-9-15-13(14-2)16-12(10)18-8-6-11-5-4-7-17(11)3/h9,11H,4-8H2,1-3H3,(H,14,15,16). The minimum atomic E-state index is 0.605. The van der Waals surface area contributed by atoms with Crippen molar-refractivity contribution in [1.82, 2.24) is 14.9 Å². The van der Waals surface area contributed by atoms with Gasteiger partial charge < -0.3 is 15.0 Å². The van der Waals surface area contributed by atoms with E-state index in [2.05, 4.69) is 27.2 Å². The lowest BCUT2D eigenvalue weighted by atomic mass is 10.1. The van der Waals surface area contributed by atoms with Crippen LogP contribution in [0.1, 0.15) is 24.8 Å². The zero-order valence-electron chi connectivity index (χ0n) is 11.4. The van der Waals surface area contributed by atoms with Gasteiger partial charge >= 0.3 is 0 Å². The van der Waals surface area contributed by atoms with E-state index in [0.29, 0.717) is 17.9 Å². The molecular formula is C13H22N4O. The third-order valence-electron chi connectivity index (χ3n) is 3.51. The fourth-order valence-electron chi connectivity index (χ4n) is 2.33. The molecule has 0 amide bonds. The maximum atomic E-state index is 5.77. The van der Waals surface area contributed by atoms with Crippen LogP contribution in [0.25, 0.3) is 0 Å². The summed E-state index contributed by atoms with van der Waals surface area (Å²) < 4.78 is 5.77. The van der Waals surface area contributed by atoms with E-state index in [1.165, 1.54) is 19.4 Å². The van der Waals surface area contributed by atoms with Crippen LogP contribution in [0.15, 0.2) is 6.20 Å². The van der Waals surface area contributed by atoms with Crippen molar-refractivity contribution in [3.05, 3.63) is 11.8 Å². The van der Waals surface area contributed by atoms with Crippen molar-refractivity contribution in [3.8, 4) is 5.88 Å². The van der Waals surface area contributed by atoms with Gasteiger partial charge in [0.2, 0.25) is 11.8 Å². The molecule has 0 aliphatic carbocycles. The quantitative estimate of drug-likeness (QED) is 0.862. The summed E-state index contributed by atoms with van der Waals surface area (Å²) in [5, 5.41) is 2.92. The zero-order valence-corrected chi connectivity index (χ0v) is 11.4. The van der Waals surface area contributed by atoms with Crippen LogP contribution in [-0.2, 0) is 0 Å². The van der Waals surface area contributed by atoms with Crippen molar-refractivity contribution in [3.63, 3.8) is 0 Å². The number of nitrogens with zero attached hydrogens (tertiary/aromatic N) is 3. The number of anilines is 1. The van der Waals surface area contributed by atoms with Gasteiger partial charge in [-0.1, -0.05) is 0 Å². The van der Waals surface area contributed by atoms with Crippen LogP contribution < -0.4 is 10.1 Å². The zero-order chi connectivity index (χ0) is 13.0. The second kappa shape index (κ2) is 6.00. The summed E-state index contributed by atoms with van der Waals surface area (Å²) in [6, 6.07) is 0.663. The lowest BCUT2D eigenvalue weighted by molar-refractivity contribution is 0.227. The van der Waals surface area contributed by atoms with E-state index in [0.717, 1.165) is 18.6 Å². The van der Waals surface area contributed by atoms with Gasteiger partial charge in [0.1, 0.15) is 0 Å². The minimum Gasteiger partial charge on any atom is -0.477 e. The molecule has 1 saturated heterocycles. The van der Waals surface area contributed by atoms with Crippen molar-refractivity contribution < 1.29 is 4.74 Å². The first-order valence-corrected chi connectivity index (χ1v) is 6.55. The Hall–Kier alpha value is -1.36. The molecular weight excluding hydrogens is 228 g/mol. The van der Waals surface area contributed by atoms with Crippen LogP contribution in [0.4, 0.5) is 5.95 Å². The Bertz CT molecular complexity index is 397. The van der Waals surface area contributed by atoms with Gasteiger partial charge in [-0.25, -0.2) is 4.98 Å². The number of likely N-dealkylation sites (tertiary alicyclic amines) is 1. The van der Waals surface area contributed by atoms with Crippen LogP contribution in [0.5, 0.6) is 5.88 Å². The molecule has 0 radical (unpaired) electrons. The highest BCUT2D eigenvalue weighted by Crippen LogP contribution is 2.19. The topological polar surface area (TPSA) is 50.3 Å². The number of ether oxygens (including phenoxy) is 1. The molecule has 5 nitrogen and oxygen atoms in total. The molecule has 5 heteroatoms. The molecule has 1 aromatic rings. The van der Waals surface area contributed by atoms with E-state index < -0.39 is 0 Å². The first kappa shape index (κ1) is 13.1. The summed E-state index contributed by atoms with van der Waals surface area (Å²) in [6.45, 7) is 3.90. The van der Waals surface area contributed by atoms with Gasteiger partial charge in [0.05, 0.1) is 6.61 Å². The first-order valence-electron chi connectivity index (χ1n) is 6.55. The molecule has 1 aliphatic rings. The SMILES string of the molecule is CNc1ncc(C)c(OCCC2CCCN2C)n1. The van der Waals surface area contributed by atoms with Crippen LogP contribution in [-0.4, -0.2) is 48.2 Å². The Balaban J connectivity index is 1.86. The number of nitrogens with one attached hydrogen (secondary N) is 1. The fraction of sp³-hybridized carbons (Fsp3) is 0.692. The highest BCUT2D eigenvalue weighted by molar-refractivity contribution is 5.31. The molecule has 1 aliphatic heterocycles. The van der Waals surface area contributed by atoms with Gasteiger partial charge in [0.15, 0.2) is 0 Å². The summed E-state index contributed by atoms with van der Waals surface area (Å²) >= 11 is 0. The molecule has 1 unspecified atom stereocenters. The molecule has 1 atom stereocenters. The molecule has 0 bridgehead atoms. The monoisotopic (exact) mass is 250 g/mol. The van der Waals surface area contributed by atoms with Crippen LogP contribution >= 0.6 is 0 Å². The van der Waals surface area contributed by atoms with Crippen LogP contribution in [0, 0.1) is 6.92 Å². The number of aromatic nitrogens is 2.